The molecular weight excluding hydrogens is 396 g/mol. The highest BCUT2D eigenvalue weighted by molar-refractivity contribution is 5.92. The molecule has 7 heteroatoms. The van der Waals surface area contributed by atoms with Gasteiger partial charge in [0.1, 0.15) is 6.61 Å². The molecule has 6 rings (SSSR count). The van der Waals surface area contributed by atoms with Gasteiger partial charge in [0.05, 0.1) is 35.6 Å². The van der Waals surface area contributed by atoms with Crippen molar-refractivity contribution in [3.8, 4) is 11.4 Å². The van der Waals surface area contributed by atoms with Crippen LogP contribution in [0.4, 0.5) is 0 Å². The fourth-order valence-corrected chi connectivity index (χ4v) is 5.53. The summed E-state index contributed by atoms with van der Waals surface area (Å²) in [5.41, 5.74) is 5.13. The van der Waals surface area contributed by atoms with Gasteiger partial charge in [0.2, 0.25) is 0 Å². The largest absolute Gasteiger partial charge is 0.458 e. The first-order chi connectivity index (χ1) is 15.0. The highest BCUT2D eigenvalue weighted by atomic mass is 16.6. The van der Waals surface area contributed by atoms with Gasteiger partial charge in [-0.05, 0) is 54.5 Å². The summed E-state index contributed by atoms with van der Waals surface area (Å²) < 4.78 is 6.83. The van der Waals surface area contributed by atoms with Gasteiger partial charge in [-0.15, -0.1) is 0 Å². The third-order valence-electron chi connectivity index (χ3n) is 7.20. The number of hydrogen-bond acceptors (Lipinski definition) is 6. The number of ether oxygens (including phenoxy) is 1. The molecule has 7 nitrogen and oxygen atoms in total. The van der Waals surface area contributed by atoms with Gasteiger partial charge in [0.25, 0.3) is 5.56 Å². The van der Waals surface area contributed by atoms with Crippen molar-refractivity contribution in [2.45, 2.75) is 58.0 Å². The van der Waals surface area contributed by atoms with Crippen LogP contribution in [0, 0.1) is 0 Å². The Morgan fingerprint density at radius 1 is 1.16 bits per heavy atom. The van der Waals surface area contributed by atoms with Gasteiger partial charge in [0.15, 0.2) is 5.60 Å². The summed E-state index contributed by atoms with van der Waals surface area (Å²) in [6, 6.07) is 5.61. The average Bonchev–Trinajstić information content (AvgIpc) is 3.16. The molecule has 0 fully saturated rings. The molecule has 1 aromatic carbocycles. The Hall–Kier alpha value is -3.03. The minimum atomic E-state index is -1.82. The van der Waals surface area contributed by atoms with E-state index in [9.17, 15) is 19.8 Å². The van der Waals surface area contributed by atoms with Gasteiger partial charge in [-0.2, -0.15) is 0 Å². The Morgan fingerprint density at radius 3 is 2.74 bits per heavy atom. The average molecular weight is 418 g/mol. The summed E-state index contributed by atoms with van der Waals surface area (Å²) in [6.45, 7) is 1.98. The maximum atomic E-state index is 13.4. The zero-order chi connectivity index (χ0) is 21.5. The minimum absolute atomic E-state index is 0.00215. The summed E-state index contributed by atoms with van der Waals surface area (Å²) in [6.07, 6.45) is 2.91. The van der Waals surface area contributed by atoms with Crippen LogP contribution in [0.25, 0.3) is 22.3 Å². The lowest BCUT2D eigenvalue weighted by atomic mass is 9.84. The molecule has 31 heavy (non-hydrogen) atoms. The van der Waals surface area contributed by atoms with Gasteiger partial charge in [-0.3, -0.25) is 4.79 Å². The number of carbonyl (C=O) groups is 1. The zero-order valence-electron chi connectivity index (χ0n) is 17.2. The first-order valence-electron chi connectivity index (χ1n) is 10.7. The number of aryl methyl sites for hydroxylation is 2. The number of pyridine rings is 2. The standard InChI is InChI=1S/C24H22N2O5/c1-2-24(30)17-8-19-21-15(9-26(19)22(28)16(17)11-31-23(24)29)14-5-3-4-13-12(10-27)6-7-18(25-21)20(13)14/h6-8,27,30H,2-5,9-11H2,1H3/t24-/m0/s1. The van der Waals surface area contributed by atoms with Crippen molar-refractivity contribution < 1.29 is 19.7 Å². The molecule has 2 N–H and O–H groups in total. The SMILES string of the molecule is CC[C@@]1(O)C(=O)OCc2c1cc1n(c2=O)Cc2c-1nc1ccc(CO)c3c1c2CCC3. The number of aliphatic hydroxyl groups is 2. The summed E-state index contributed by atoms with van der Waals surface area (Å²) >= 11 is 0. The van der Waals surface area contributed by atoms with E-state index in [-0.39, 0.29) is 25.2 Å². The van der Waals surface area contributed by atoms with Crippen LogP contribution in [-0.2, 0) is 47.7 Å². The Bertz CT molecular complexity index is 1370. The van der Waals surface area contributed by atoms with E-state index in [1.54, 1.807) is 17.6 Å². The second kappa shape index (κ2) is 6.24. The van der Waals surface area contributed by atoms with Gasteiger partial charge in [0, 0.05) is 16.5 Å². The number of benzene rings is 1. The van der Waals surface area contributed by atoms with Gasteiger partial charge < -0.3 is 19.5 Å². The molecule has 0 unspecified atom stereocenters. The second-order valence-corrected chi connectivity index (χ2v) is 8.63. The molecule has 2 aromatic heterocycles. The second-order valence-electron chi connectivity index (χ2n) is 8.63. The highest BCUT2D eigenvalue weighted by Crippen LogP contribution is 2.42. The molecule has 3 aromatic rings. The van der Waals surface area contributed by atoms with Crippen molar-refractivity contribution in [2.75, 3.05) is 0 Å². The van der Waals surface area contributed by atoms with Crippen molar-refractivity contribution >= 4 is 16.9 Å². The van der Waals surface area contributed by atoms with Crippen LogP contribution >= 0.6 is 0 Å². The first-order valence-corrected chi connectivity index (χ1v) is 10.7. The van der Waals surface area contributed by atoms with Crippen LogP contribution in [0.3, 0.4) is 0 Å². The lowest BCUT2D eigenvalue weighted by Crippen LogP contribution is -2.44. The third-order valence-corrected chi connectivity index (χ3v) is 7.20. The Morgan fingerprint density at radius 2 is 1.97 bits per heavy atom. The van der Waals surface area contributed by atoms with Gasteiger partial charge in [-0.25, -0.2) is 9.78 Å². The number of cyclic esters (lactones) is 1. The van der Waals surface area contributed by atoms with Crippen molar-refractivity contribution in [2.24, 2.45) is 0 Å². The van der Waals surface area contributed by atoms with Gasteiger partial charge in [-0.1, -0.05) is 13.0 Å². The topological polar surface area (TPSA) is 102 Å². The maximum Gasteiger partial charge on any atom is 0.343 e. The highest BCUT2D eigenvalue weighted by Gasteiger charge is 2.45. The molecule has 4 heterocycles. The molecule has 1 aliphatic carbocycles. The zero-order valence-corrected chi connectivity index (χ0v) is 17.2. The molecular formula is C24H22N2O5. The summed E-state index contributed by atoms with van der Waals surface area (Å²) in [7, 11) is 0. The Balaban J connectivity index is 1.66. The van der Waals surface area contributed by atoms with Gasteiger partial charge >= 0.3 is 5.97 Å². The summed E-state index contributed by atoms with van der Waals surface area (Å²) in [4.78, 5) is 30.6. The fraction of sp³-hybridized carbons (Fsp3) is 0.375. The molecule has 0 bridgehead atoms. The van der Waals surface area contributed by atoms with Crippen molar-refractivity contribution in [3.63, 3.8) is 0 Å². The predicted octanol–water partition coefficient (Wildman–Crippen LogP) is 2.06. The molecule has 0 saturated heterocycles. The van der Waals surface area contributed by atoms with Crippen LogP contribution in [0.15, 0.2) is 23.0 Å². The Labute approximate surface area is 177 Å². The number of aliphatic hydroxyl groups excluding tert-OH is 1. The lowest BCUT2D eigenvalue weighted by Gasteiger charge is -2.31. The van der Waals surface area contributed by atoms with Crippen LogP contribution in [0.1, 0.15) is 53.1 Å². The molecule has 0 spiro atoms. The summed E-state index contributed by atoms with van der Waals surface area (Å²) in [5, 5.41) is 21.9. The van der Waals surface area contributed by atoms with Crippen molar-refractivity contribution in [3.05, 3.63) is 61.9 Å². The van der Waals surface area contributed by atoms with Crippen LogP contribution in [-0.4, -0.2) is 25.7 Å². The van der Waals surface area contributed by atoms with Crippen LogP contribution in [0.2, 0.25) is 0 Å². The van der Waals surface area contributed by atoms with Crippen molar-refractivity contribution in [1.82, 2.24) is 9.55 Å². The smallest absolute Gasteiger partial charge is 0.343 e. The third kappa shape index (κ3) is 2.28. The monoisotopic (exact) mass is 418 g/mol. The number of aromatic nitrogens is 2. The quantitative estimate of drug-likeness (QED) is 0.483. The molecule has 0 saturated carbocycles. The Kier molecular flexibility index (Phi) is 3.77. The molecule has 2 aliphatic heterocycles. The lowest BCUT2D eigenvalue weighted by molar-refractivity contribution is -0.172. The molecule has 0 amide bonds. The van der Waals surface area contributed by atoms with E-state index in [2.05, 4.69) is 0 Å². The predicted molar refractivity (Wildman–Crippen MR) is 112 cm³/mol. The van der Waals surface area contributed by atoms with E-state index in [4.69, 9.17) is 9.72 Å². The molecule has 158 valence electrons. The van der Waals surface area contributed by atoms with E-state index in [0.717, 1.165) is 52.5 Å². The number of fused-ring (bicyclic) bond motifs is 5. The normalized spacial score (nSPS) is 20.9. The first kappa shape index (κ1) is 18.7. The minimum Gasteiger partial charge on any atom is -0.458 e. The summed E-state index contributed by atoms with van der Waals surface area (Å²) in [5.74, 6) is -0.715. The van der Waals surface area contributed by atoms with E-state index < -0.39 is 11.6 Å². The number of nitrogens with zero attached hydrogens (tertiary/aromatic N) is 2. The number of esters is 1. The van der Waals surface area contributed by atoms with Crippen LogP contribution < -0.4 is 5.56 Å². The van der Waals surface area contributed by atoms with E-state index in [0.29, 0.717) is 23.4 Å². The van der Waals surface area contributed by atoms with Crippen molar-refractivity contribution in [1.29, 1.82) is 0 Å². The number of rotatable bonds is 2. The number of carbonyl (C=O) groups excluding carboxylic acids is 1. The molecule has 3 aliphatic rings. The number of hydrogen-bond donors (Lipinski definition) is 2. The van der Waals surface area contributed by atoms with Crippen LogP contribution in [0.5, 0.6) is 0 Å². The van der Waals surface area contributed by atoms with E-state index in [1.807, 2.05) is 12.1 Å². The molecule has 0 radical (unpaired) electrons. The van der Waals surface area contributed by atoms with E-state index in [1.165, 1.54) is 5.56 Å². The van der Waals surface area contributed by atoms with E-state index >= 15 is 0 Å². The maximum absolute atomic E-state index is 13.4. The molecule has 1 atom stereocenters. The fourth-order valence-electron chi connectivity index (χ4n) is 5.53.